The van der Waals surface area contributed by atoms with E-state index in [-0.39, 0.29) is 12.8 Å². The SMILES string of the molecule is CCC(N)C(=O)N[C@H](CCC(N)=O)C(=O)O. The van der Waals surface area contributed by atoms with Crippen LogP contribution in [0.3, 0.4) is 0 Å². The zero-order valence-corrected chi connectivity index (χ0v) is 9.10. The summed E-state index contributed by atoms with van der Waals surface area (Å²) in [6, 6.07) is -1.87. The van der Waals surface area contributed by atoms with E-state index in [9.17, 15) is 14.4 Å². The molecule has 16 heavy (non-hydrogen) atoms. The Morgan fingerprint density at radius 1 is 1.38 bits per heavy atom. The zero-order chi connectivity index (χ0) is 12.7. The summed E-state index contributed by atoms with van der Waals surface area (Å²) in [5, 5.41) is 11.0. The maximum absolute atomic E-state index is 11.3. The van der Waals surface area contributed by atoms with Gasteiger partial charge in [-0.1, -0.05) is 6.92 Å². The molecule has 0 aliphatic rings. The molecule has 7 heteroatoms. The second-order valence-corrected chi connectivity index (χ2v) is 3.42. The average Bonchev–Trinajstić information content (AvgIpc) is 2.21. The summed E-state index contributed by atoms with van der Waals surface area (Å²) in [7, 11) is 0. The van der Waals surface area contributed by atoms with Gasteiger partial charge in [0.15, 0.2) is 0 Å². The molecule has 0 spiro atoms. The number of nitrogens with two attached hydrogens (primary N) is 2. The lowest BCUT2D eigenvalue weighted by Crippen LogP contribution is -2.48. The molecule has 92 valence electrons. The normalized spacial score (nSPS) is 13.9. The standard InChI is InChI=1S/C9H17N3O4/c1-2-5(10)8(14)12-6(9(15)16)3-4-7(11)13/h5-6H,2-4,10H2,1H3,(H2,11,13)(H,12,14)(H,15,16)/t5?,6-/m1/s1. The Morgan fingerprint density at radius 3 is 2.31 bits per heavy atom. The number of nitrogens with one attached hydrogen (secondary N) is 1. The fraction of sp³-hybridized carbons (Fsp3) is 0.667. The Balaban J connectivity index is 4.28. The van der Waals surface area contributed by atoms with Crippen molar-refractivity contribution in [3.63, 3.8) is 0 Å². The minimum absolute atomic E-state index is 0.0349. The summed E-state index contributed by atoms with van der Waals surface area (Å²) in [6.45, 7) is 1.71. The Hall–Kier alpha value is -1.63. The fourth-order valence-electron chi connectivity index (χ4n) is 1.01. The molecule has 0 rings (SSSR count). The molecule has 0 aromatic heterocycles. The van der Waals surface area contributed by atoms with Gasteiger partial charge < -0.3 is 21.9 Å². The highest BCUT2D eigenvalue weighted by atomic mass is 16.4. The minimum atomic E-state index is -1.21. The van der Waals surface area contributed by atoms with Crippen LogP contribution in [-0.2, 0) is 14.4 Å². The number of carboxylic acids is 1. The van der Waals surface area contributed by atoms with Crippen LogP contribution in [-0.4, -0.2) is 35.0 Å². The lowest BCUT2D eigenvalue weighted by molar-refractivity contribution is -0.142. The van der Waals surface area contributed by atoms with Gasteiger partial charge in [0.2, 0.25) is 11.8 Å². The summed E-state index contributed by atoms with van der Waals surface area (Å²) in [6.07, 6.45) is 0.277. The maximum atomic E-state index is 11.3. The molecule has 0 bridgehead atoms. The number of aliphatic carboxylic acids is 1. The highest BCUT2D eigenvalue weighted by molar-refractivity contribution is 5.87. The molecule has 0 aromatic carbocycles. The van der Waals surface area contributed by atoms with Gasteiger partial charge in [-0.25, -0.2) is 4.79 Å². The van der Waals surface area contributed by atoms with Crippen LogP contribution >= 0.6 is 0 Å². The first kappa shape index (κ1) is 14.4. The van der Waals surface area contributed by atoms with Gasteiger partial charge in [0.25, 0.3) is 0 Å². The van der Waals surface area contributed by atoms with Crippen LogP contribution in [0.15, 0.2) is 0 Å². The van der Waals surface area contributed by atoms with Gasteiger partial charge in [-0.05, 0) is 12.8 Å². The molecule has 0 heterocycles. The van der Waals surface area contributed by atoms with Crippen LogP contribution in [0.25, 0.3) is 0 Å². The van der Waals surface area contributed by atoms with Gasteiger partial charge in [0.05, 0.1) is 6.04 Å². The van der Waals surface area contributed by atoms with Crippen LogP contribution < -0.4 is 16.8 Å². The number of amides is 2. The molecule has 1 unspecified atom stereocenters. The van der Waals surface area contributed by atoms with E-state index in [0.717, 1.165) is 0 Å². The third-order valence-corrected chi connectivity index (χ3v) is 2.07. The molecular formula is C9H17N3O4. The van der Waals surface area contributed by atoms with Crippen molar-refractivity contribution < 1.29 is 19.5 Å². The summed E-state index contributed by atoms with van der Waals surface area (Å²) >= 11 is 0. The van der Waals surface area contributed by atoms with Gasteiger partial charge in [-0.3, -0.25) is 9.59 Å². The maximum Gasteiger partial charge on any atom is 0.326 e. The third-order valence-electron chi connectivity index (χ3n) is 2.07. The van der Waals surface area contributed by atoms with Crippen LogP contribution in [0, 0.1) is 0 Å². The second kappa shape index (κ2) is 6.78. The molecule has 0 radical (unpaired) electrons. The molecule has 0 aliphatic heterocycles. The monoisotopic (exact) mass is 231 g/mol. The van der Waals surface area contributed by atoms with E-state index in [1.54, 1.807) is 6.92 Å². The van der Waals surface area contributed by atoms with Crippen molar-refractivity contribution in [1.29, 1.82) is 0 Å². The molecule has 0 aromatic rings. The summed E-state index contributed by atoms with van der Waals surface area (Å²) < 4.78 is 0. The Labute approximate surface area is 93.2 Å². The van der Waals surface area contributed by atoms with Crippen molar-refractivity contribution in [3.05, 3.63) is 0 Å². The number of carbonyl (C=O) groups is 3. The predicted octanol–water partition coefficient (Wildman–Crippen LogP) is -1.44. The Kier molecular flexibility index (Phi) is 6.09. The first-order chi connectivity index (χ1) is 7.38. The van der Waals surface area contributed by atoms with Crippen molar-refractivity contribution in [3.8, 4) is 0 Å². The molecule has 0 saturated carbocycles. The third kappa shape index (κ3) is 5.30. The molecule has 2 atom stereocenters. The fourth-order valence-corrected chi connectivity index (χ4v) is 1.01. The molecule has 7 nitrogen and oxygen atoms in total. The van der Waals surface area contributed by atoms with Crippen LogP contribution in [0.4, 0.5) is 0 Å². The second-order valence-electron chi connectivity index (χ2n) is 3.42. The van der Waals surface area contributed by atoms with E-state index in [1.807, 2.05) is 0 Å². The molecule has 2 amide bonds. The first-order valence-corrected chi connectivity index (χ1v) is 4.95. The van der Waals surface area contributed by atoms with Gasteiger partial charge in [-0.2, -0.15) is 0 Å². The summed E-state index contributed by atoms with van der Waals surface area (Å²) in [5.74, 6) is -2.36. The highest BCUT2D eigenvalue weighted by Crippen LogP contribution is 1.98. The number of rotatable bonds is 7. The number of hydrogen-bond donors (Lipinski definition) is 4. The van der Waals surface area contributed by atoms with E-state index < -0.39 is 29.9 Å². The number of primary amides is 1. The Morgan fingerprint density at radius 2 is 1.94 bits per heavy atom. The van der Waals surface area contributed by atoms with E-state index in [4.69, 9.17) is 16.6 Å². The highest BCUT2D eigenvalue weighted by Gasteiger charge is 2.22. The number of carbonyl (C=O) groups excluding carboxylic acids is 2. The molecule has 0 aliphatic carbocycles. The van der Waals surface area contributed by atoms with Gasteiger partial charge in [0.1, 0.15) is 6.04 Å². The van der Waals surface area contributed by atoms with E-state index in [2.05, 4.69) is 5.32 Å². The van der Waals surface area contributed by atoms with Gasteiger partial charge >= 0.3 is 5.97 Å². The van der Waals surface area contributed by atoms with E-state index >= 15 is 0 Å². The van der Waals surface area contributed by atoms with Crippen molar-refractivity contribution in [1.82, 2.24) is 5.32 Å². The zero-order valence-electron chi connectivity index (χ0n) is 9.10. The Bertz CT molecular complexity index is 280. The van der Waals surface area contributed by atoms with E-state index in [0.29, 0.717) is 6.42 Å². The number of hydrogen-bond acceptors (Lipinski definition) is 4. The number of carboxylic acid groups (broad SMARTS) is 1. The summed E-state index contributed by atoms with van der Waals surface area (Å²) in [5.41, 5.74) is 10.3. The predicted molar refractivity (Wildman–Crippen MR) is 56.3 cm³/mol. The minimum Gasteiger partial charge on any atom is -0.480 e. The topological polar surface area (TPSA) is 136 Å². The van der Waals surface area contributed by atoms with Crippen LogP contribution in [0.5, 0.6) is 0 Å². The lowest BCUT2D eigenvalue weighted by atomic mass is 10.1. The average molecular weight is 231 g/mol. The quantitative estimate of drug-likeness (QED) is 0.425. The van der Waals surface area contributed by atoms with Gasteiger partial charge in [0, 0.05) is 6.42 Å². The smallest absolute Gasteiger partial charge is 0.326 e. The molecule has 0 saturated heterocycles. The molecule has 6 N–H and O–H groups in total. The van der Waals surface area contributed by atoms with Crippen molar-refractivity contribution in [2.24, 2.45) is 11.5 Å². The van der Waals surface area contributed by atoms with Gasteiger partial charge in [-0.15, -0.1) is 0 Å². The molecular weight excluding hydrogens is 214 g/mol. The van der Waals surface area contributed by atoms with Crippen LogP contribution in [0.1, 0.15) is 26.2 Å². The van der Waals surface area contributed by atoms with Crippen molar-refractivity contribution in [2.45, 2.75) is 38.3 Å². The lowest BCUT2D eigenvalue weighted by Gasteiger charge is -2.16. The largest absolute Gasteiger partial charge is 0.480 e. The molecule has 0 fully saturated rings. The van der Waals surface area contributed by atoms with Crippen molar-refractivity contribution >= 4 is 17.8 Å². The first-order valence-electron chi connectivity index (χ1n) is 4.95. The van der Waals surface area contributed by atoms with E-state index in [1.165, 1.54) is 0 Å². The summed E-state index contributed by atoms with van der Waals surface area (Å²) in [4.78, 5) is 32.6. The van der Waals surface area contributed by atoms with Crippen molar-refractivity contribution in [2.75, 3.05) is 0 Å². The van der Waals surface area contributed by atoms with Crippen LogP contribution in [0.2, 0.25) is 0 Å².